The first kappa shape index (κ1) is 15.7. The molecule has 1 fully saturated rings. The number of nitrogen functional groups attached to an aromatic ring is 1. The van der Waals surface area contributed by atoms with Gasteiger partial charge in [-0.3, -0.25) is 5.43 Å². The van der Waals surface area contributed by atoms with Crippen molar-refractivity contribution in [1.82, 2.24) is 15.0 Å². The molecule has 1 aromatic rings. The van der Waals surface area contributed by atoms with Gasteiger partial charge < -0.3 is 14.7 Å². The minimum Gasteiger partial charge on any atom is -0.461 e. The summed E-state index contributed by atoms with van der Waals surface area (Å²) >= 11 is 0. The Hall–Kier alpha value is -1.67. The van der Waals surface area contributed by atoms with Gasteiger partial charge in [-0.2, -0.15) is 15.0 Å². The number of hydrogen-bond acceptors (Lipinski definition) is 8. The molecule has 8 heteroatoms. The van der Waals surface area contributed by atoms with Crippen molar-refractivity contribution in [2.24, 2.45) is 5.84 Å². The Bertz CT molecular complexity index is 456. The molecule has 0 aromatic carbocycles. The van der Waals surface area contributed by atoms with Crippen molar-refractivity contribution in [3.63, 3.8) is 0 Å². The highest BCUT2D eigenvalue weighted by Gasteiger charge is 2.27. The summed E-state index contributed by atoms with van der Waals surface area (Å²) in [6, 6.07) is 0.618. The van der Waals surface area contributed by atoms with Crippen LogP contribution in [0, 0.1) is 0 Å². The molecule has 1 saturated heterocycles. The number of nitrogens with one attached hydrogen (secondary N) is 1. The molecule has 1 aliphatic rings. The van der Waals surface area contributed by atoms with Gasteiger partial charge in [0.05, 0.1) is 6.10 Å². The molecule has 0 bridgehead atoms. The summed E-state index contributed by atoms with van der Waals surface area (Å²) in [6.45, 7) is 4.93. The number of nitrogens with two attached hydrogens (primary N) is 1. The summed E-state index contributed by atoms with van der Waals surface area (Å²) in [6.07, 6.45) is 3.86. The Labute approximate surface area is 124 Å². The Kier molecular flexibility index (Phi) is 5.51. The molecule has 2 heterocycles. The predicted octanol–water partition coefficient (Wildman–Crippen LogP) is 0.686. The molecule has 0 saturated carbocycles. The van der Waals surface area contributed by atoms with E-state index in [2.05, 4.69) is 25.3 Å². The summed E-state index contributed by atoms with van der Waals surface area (Å²) in [5, 5.41) is 9.00. The third-order valence-electron chi connectivity index (χ3n) is 3.40. The van der Waals surface area contributed by atoms with E-state index in [0.717, 1.165) is 32.2 Å². The highest BCUT2D eigenvalue weighted by Crippen LogP contribution is 2.27. The quantitative estimate of drug-likeness (QED) is 0.498. The van der Waals surface area contributed by atoms with Crippen LogP contribution in [-0.4, -0.2) is 45.4 Å². The van der Waals surface area contributed by atoms with Crippen molar-refractivity contribution in [1.29, 1.82) is 0 Å². The zero-order valence-corrected chi connectivity index (χ0v) is 12.6. The Morgan fingerprint density at radius 1 is 1.43 bits per heavy atom. The van der Waals surface area contributed by atoms with Crippen LogP contribution in [0.25, 0.3) is 0 Å². The van der Waals surface area contributed by atoms with Gasteiger partial charge in [0.1, 0.15) is 0 Å². The lowest BCUT2D eigenvalue weighted by Crippen LogP contribution is -2.31. The summed E-state index contributed by atoms with van der Waals surface area (Å²) in [5.74, 6) is 6.29. The van der Waals surface area contributed by atoms with Crippen LogP contribution in [0.3, 0.4) is 0 Å². The Morgan fingerprint density at radius 2 is 2.24 bits per heavy atom. The maximum Gasteiger partial charge on any atom is 0.323 e. The molecule has 1 aliphatic heterocycles. The van der Waals surface area contributed by atoms with Gasteiger partial charge in [0, 0.05) is 19.2 Å². The van der Waals surface area contributed by atoms with Crippen molar-refractivity contribution >= 4 is 11.9 Å². The molecule has 2 rings (SSSR count). The zero-order valence-electron chi connectivity index (χ0n) is 12.6. The molecule has 1 unspecified atom stereocenters. The summed E-state index contributed by atoms with van der Waals surface area (Å²) in [7, 11) is 0. The predicted molar refractivity (Wildman–Crippen MR) is 80.1 cm³/mol. The topological polar surface area (TPSA) is 109 Å². The number of nitrogens with zero attached hydrogens (tertiary/aromatic N) is 4. The first-order chi connectivity index (χ1) is 10.1. The van der Waals surface area contributed by atoms with Crippen LogP contribution in [0.2, 0.25) is 0 Å². The molecule has 1 atom stereocenters. The van der Waals surface area contributed by atoms with Gasteiger partial charge in [0.15, 0.2) is 0 Å². The molecule has 4 N–H and O–H groups in total. The minimum absolute atomic E-state index is 0.0189. The molecule has 0 spiro atoms. The summed E-state index contributed by atoms with van der Waals surface area (Å²) < 4.78 is 5.55. The second-order valence-electron chi connectivity index (χ2n) is 5.41. The lowest BCUT2D eigenvalue weighted by Gasteiger charge is -2.25. The number of ether oxygens (including phenoxy) is 1. The molecule has 8 nitrogen and oxygen atoms in total. The van der Waals surface area contributed by atoms with Gasteiger partial charge in [-0.25, -0.2) is 5.84 Å². The van der Waals surface area contributed by atoms with Gasteiger partial charge >= 0.3 is 6.01 Å². The number of rotatable bonds is 7. The van der Waals surface area contributed by atoms with Crippen LogP contribution in [0.15, 0.2) is 0 Å². The minimum atomic E-state index is -0.0189. The number of aliphatic hydroxyl groups is 1. The Morgan fingerprint density at radius 3 is 2.90 bits per heavy atom. The lowest BCUT2D eigenvalue weighted by atomic mass is 10.1. The van der Waals surface area contributed by atoms with E-state index in [0.29, 0.717) is 17.9 Å². The van der Waals surface area contributed by atoms with E-state index in [-0.39, 0.29) is 18.7 Å². The summed E-state index contributed by atoms with van der Waals surface area (Å²) in [5.41, 5.74) is 2.45. The highest BCUT2D eigenvalue weighted by molar-refractivity contribution is 5.39. The van der Waals surface area contributed by atoms with Crippen LogP contribution in [0.1, 0.15) is 39.5 Å². The van der Waals surface area contributed by atoms with Crippen molar-refractivity contribution in [2.75, 3.05) is 23.5 Å². The standard InChI is InChI=1S/C13H24N6O2/c1-9(2)21-13-16-11(18-14)15-12(17-13)19-7-3-5-10(19)6-4-8-20/h9-10,20H,3-8,14H2,1-2H3,(H,15,16,17,18). The summed E-state index contributed by atoms with van der Waals surface area (Å²) in [4.78, 5) is 15.0. The third kappa shape index (κ3) is 4.15. The van der Waals surface area contributed by atoms with Crippen LogP contribution in [0.4, 0.5) is 11.9 Å². The maximum absolute atomic E-state index is 9.00. The smallest absolute Gasteiger partial charge is 0.323 e. The van der Waals surface area contributed by atoms with Crippen LogP contribution < -0.4 is 20.9 Å². The number of hydrazine groups is 1. The number of aliphatic hydroxyl groups excluding tert-OH is 1. The molecule has 118 valence electrons. The van der Waals surface area contributed by atoms with Gasteiger partial charge in [-0.05, 0) is 39.5 Å². The normalized spacial score (nSPS) is 18.3. The fourth-order valence-electron chi connectivity index (χ4n) is 2.53. The lowest BCUT2D eigenvalue weighted by molar-refractivity contribution is 0.222. The van der Waals surface area contributed by atoms with E-state index in [4.69, 9.17) is 15.7 Å². The fourth-order valence-corrected chi connectivity index (χ4v) is 2.53. The van der Waals surface area contributed by atoms with Crippen LogP contribution in [-0.2, 0) is 0 Å². The van der Waals surface area contributed by atoms with Crippen molar-refractivity contribution in [3.8, 4) is 6.01 Å². The number of hydrogen-bond donors (Lipinski definition) is 3. The van der Waals surface area contributed by atoms with E-state index in [9.17, 15) is 0 Å². The van der Waals surface area contributed by atoms with Gasteiger partial charge in [-0.1, -0.05) is 0 Å². The fraction of sp³-hybridized carbons (Fsp3) is 0.769. The van der Waals surface area contributed by atoms with Crippen molar-refractivity contribution in [2.45, 2.75) is 51.7 Å². The molecule has 0 amide bonds. The van der Waals surface area contributed by atoms with Crippen molar-refractivity contribution < 1.29 is 9.84 Å². The monoisotopic (exact) mass is 296 g/mol. The Balaban J connectivity index is 2.20. The molecule has 0 radical (unpaired) electrons. The number of aromatic nitrogens is 3. The van der Waals surface area contributed by atoms with Gasteiger partial charge in [0.2, 0.25) is 11.9 Å². The second-order valence-corrected chi connectivity index (χ2v) is 5.41. The highest BCUT2D eigenvalue weighted by atomic mass is 16.5. The molecule has 21 heavy (non-hydrogen) atoms. The van der Waals surface area contributed by atoms with E-state index in [1.807, 2.05) is 13.8 Å². The van der Waals surface area contributed by atoms with Gasteiger partial charge in [0.25, 0.3) is 0 Å². The van der Waals surface area contributed by atoms with Crippen molar-refractivity contribution in [3.05, 3.63) is 0 Å². The van der Waals surface area contributed by atoms with Gasteiger partial charge in [-0.15, -0.1) is 0 Å². The third-order valence-corrected chi connectivity index (χ3v) is 3.40. The van der Waals surface area contributed by atoms with Crippen LogP contribution >= 0.6 is 0 Å². The molecule has 0 aliphatic carbocycles. The average molecular weight is 296 g/mol. The maximum atomic E-state index is 9.00. The molecule has 1 aromatic heterocycles. The first-order valence-electron chi connectivity index (χ1n) is 7.41. The second kappa shape index (κ2) is 7.37. The number of anilines is 2. The average Bonchev–Trinajstić information content (AvgIpc) is 2.92. The molecular weight excluding hydrogens is 272 g/mol. The zero-order chi connectivity index (χ0) is 15.2. The molecular formula is C13H24N6O2. The largest absolute Gasteiger partial charge is 0.461 e. The van der Waals surface area contributed by atoms with Crippen LogP contribution in [0.5, 0.6) is 6.01 Å². The van der Waals surface area contributed by atoms with E-state index in [1.165, 1.54) is 0 Å². The van der Waals surface area contributed by atoms with E-state index >= 15 is 0 Å². The van der Waals surface area contributed by atoms with E-state index in [1.54, 1.807) is 0 Å². The van der Waals surface area contributed by atoms with E-state index < -0.39 is 0 Å². The first-order valence-corrected chi connectivity index (χ1v) is 7.41. The SMILES string of the molecule is CC(C)Oc1nc(NN)nc(N2CCCC2CCCO)n1.